The molecular weight excluding hydrogens is 518 g/mol. The zero-order chi connectivity index (χ0) is 30.8. The lowest BCUT2D eigenvalue weighted by Crippen LogP contribution is -2.59. The highest BCUT2D eigenvalue weighted by Gasteiger charge is 2.40. The molecule has 40 heavy (non-hydrogen) atoms. The number of ether oxygens (including phenoxy) is 2. The summed E-state index contributed by atoms with van der Waals surface area (Å²) in [6, 6.07) is 5.54. The molecule has 0 aliphatic rings. The van der Waals surface area contributed by atoms with E-state index in [1.54, 1.807) is 53.7 Å². The van der Waals surface area contributed by atoms with Gasteiger partial charge in [0.25, 0.3) is 0 Å². The van der Waals surface area contributed by atoms with Crippen LogP contribution in [0.3, 0.4) is 0 Å². The van der Waals surface area contributed by atoms with Gasteiger partial charge in [0, 0.05) is 14.1 Å². The summed E-state index contributed by atoms with van der Waals surface area (Å²) in [6.07, 6.45) is -0.772. The Bertz CT molecular complexity index is 1020. The Hall–Kier alpha value is -3.63. The Morgan fingerprint density at radius 2 is 1.52 bits per heavy atom. The molecule has 1 aromatic rings. The van der Waals surface area contributed by atoms with Crippen molar-refractivity contribution in [3.63, 3.8) is 0 Å². The summed E-state index contributed by atoms with van der Waals surface area (Å²) in [5.41, 5.74) is -0.0372. The highest BCUT2D eigenvalue weighted by atomic mass is 16.6. The number of esters is 1. The largest absolute Gasteiger partial charge is 0.480 e. The number of carboxylic acid groups (broad SMARTS) is 1. The first-order valence-electron chi connectivity index (χ1n) is 13.4. The Labute approximate surface area is 237 Å². The summed E-state index contributed by atoms with van der Waals surface area (Å²) < 4.78 is 10.5. The molecule has 0 aliphatic heterocycles. The van der Waals surface area contributed by atoms with Crippen LogP contribution in [0.2, 0.25) is 0 Å². The van der Waals surface area contributed by atoms with Gasteiger partial charge in [-0.15, -0.1) is 0 Å². The third-order valence-electron chi connectivity index (χ3n) is 6.49. The molecule has 1 aromatic carbocycles. The number of amides is 3. The fourth-order valence-corrected chi connectivity index (χ4v) is 4.12. The molecule has 0 aliphatic carbocycles. The van der Waals surface area contributed by atoms with E-state index in [9.17, 15) is 29.1 Å². The lowest BCUT2D eigenvalue weighted by atomic mass is 9.95. The molecule has 1 rings (SSSR count). The second kappa shape index (κ2) is 15.2. The average molecular weight is 564 g/mol. The molecule has 0 fully saturated rings. The molecule has 11 nitrogen and oxygen atoms in total. The molecule has 224 valence electrons. The maximum absolute atomic E-state index is 13.7. The van der Waals surface area contributed by atoms with E-state index < -0.39 is 65.9 Å². The third kappa shape index (κ3) is 10.5. The number of aliphatic carboxylic acids is 1. The highest BCUT2D eigenvalue weighted by molar-refractivity contribution is 5.94. The number of carbonyl (C=O) groups excluding carboxylic acids is 4. The standard InChI is InChI=1S/C29H45N3O8/c1-10-19(4)23(30-28(38)39-17-20-14-12-11-13-15-20)25(34)32(9)24(18(2)3)26(35)31(8)21(27(36)37)16-22(33)40-29(5,6)7/h11-15,18-19,21,23-24H,10,16-17H2,1-9H3,(H,30,38)(H,36,37)/t19-,21-,23-,24-/m0/s1. The molecule has 0 bridgehead atoms. The molecular formula is C29H45N3O8. The van der Waals surface area contributed by atoms with Gasteiger partial charge in [-0.05, 0) is 38.2 Å². The van der Waals surface area contributed by atoms with Gasteiger partial charge in [-0.3, -0.25) is 14.4 Å². The lowest BCUT2D eigenvalue weighted by molar-refractivity contribution is -0.163. The Kier molecular flexibility index (Phi) is 13.1. The highest BCUT2D eigenvalue weighted by Crippen LogP contribution is 2.20. The normalized spacial score (nSPS) is 14.3. The van der Waals surface area contributed by atoms with Crippen molar-refractivity contribution in [2.24, 2.45) is 11.8 Å². The van der Waals surface area contributed by atoms with E-state index in [4.69, 9.17) is 9.47 Å². The Morgan fingerprint density at radius 3 is 2.00 bits per heavy atom. The van der Waals surface area contributed by atoms with Crippen LogP contribution in [0, 0.1) is 11.8 Å². The van der Waals surface area contributed by atoms with Gasteiger partial charge < -0.3 is 29.7 Å². The van der Waals surface area contributed by atoms with Crippen LogP contribution in [0.25, 0.3) is 0 Å². The van der Waals surface area contributed by atoms with Crippen LogP contribution in [0.4, 0.5) is 4.79 Å². The van der Waals surface area contributed by atoms with Crippen LogP contribution in [-0.2, 0) is 35.3 Å². The first kappa shape index (κ1) is 34.4. The molecule has 4 atom stereocenters. The summed E-state index contributed by atoms with van der Waals surface area (Å²) in [5.74, 6) is -4.03. The predicted octanol–water partition coefficient (Wildman–Crippen LogP) is 3.45. The van der Waals surface area contributed by atoms with E-state index in [0.717, 1.165) is 10.5 Å². The molecule has 0 saturated carbocycles. The van der Waals surface area contributed by atoms with Crippen LogP contribution < -0.4 is 5.32 Å². The molecule has 0 saturated heterocycles. The number of likely N-dealkylation sites (N-methyl/N-ethyl adjacent to an activating group) is 2. The number of alkyl carbamates (subject to hydrolysis) is 1. The van der Waals surface area contributed by atoms with E-state index in [2.05, 4.69) is 5.32 Å². The van der Waals surface area contributed by atoms with Crippen LogP contribution in [0.1, 0.15) is 66.9 Å². The minimum Gasteiger partial charge on any atom is -0.480 e. The molecule has 0 unspecified atom stereocenters. The van der Waals surface area contributed by atoms with Gasteiger partial charge >= 0.3 is 18.0 Å². The van der Waals surface area contributed by atoms with E-state index in [-0.39, 0.29) is 12.5 Å². The van der Waals surface area contributed by atoms with E-state index in [1.807, 2.05) is 25.1 Å². The number of hydrogen-bond donors (Lipinski definition) is 2. The number of nitrogens with zero attached hydrogens (tertiary/aromatic N) is 2. The number of benzene rings is 1. The second-order valence-corrected chi connectivity index (χ2v) is 11.3. The summed E-state index contributed by atoms with van der Waals surface area (Å²) >= 11 is 0. The lowest BCUT2D eigenvalue weighted by Gasteiger charge is -2.37. The number of carboxylic acids is 1. The van der Waals surface area contributed by atoms with Crippen molar-refractivity contribution >= 4 is 29.8 Å². The van der Waals surface area contributed by atoms with Gasteiger partial charge in [0.15, 0.2) is 0 Å². The van der Waals surface area contributed by atoms with E-state index >= 15 is 0 Å². The van der Waals surface area contributed by atoms with Gasteiger partial charge in [0.05, 0.1) is 6.42 Å². The predicted molar refractivity (Wildman–Crippen MR) is 149 cm³/mol. The monoisotopic (exact) mass is 563 g/mol. The Balaban J connectivity index is 3.11. The zero-order valence-electron chi connectivity index (χ0n) is 25.1. The van der Waals surface area contributed by atoms with E-state index in [0.29, 0.717) is 6.42 Å². The quantitative estimate of drug-likeness (QED) is 0.348. The van der Waals surface area contributed by atoms with Gasteiger partial charge in [0.1, 0.15) is 30.3 Å². The maximum Gasteiger partial charge on any atom is 0.408 e. The number of hydrogen-bond acceptors (Lipinski definition) is 7. The van der Waals surface area contributed by atoms with Crippen molar-refractivity contribution in [2.45, 2.75) is 91.6 Å². The maximum atomic E-state index is 13.7. The van der Waals surface area contributed by atoms with Crippen molar-refractivity contribution in [1.82, 2.24) is 15.1 Å². The molecule has 0 heterocycles. The fraction of sp³-hybridized carbons (Fsp3) is 0.621. The van der Waals surface area contributed by atoms with Crippen molar-refractivity contribution in [3.05, 3.63) is 35.9 Å². The SMILES string of the molecule is CC[C@H](C)[C@H](NC(=O)OCc1ccccc1)C(=O)N(C)[C@H](C(=O)N(C)[C@@H](CC(=O)OC(C)(C)C)C(=O)O)C(C)C. The topological polar surface area (TPSA) is 143 Å². The van der Waals surface area contributed by atoms with Gasteiger partial charge in [0.2, 0.25) is 11.8 Å². The molecule has 2 N–H and O–H groups in total. The van der Waals surface area contributed by atoms with Crippen molar-refractivity contribution in [3.8, 4) is 0 Å². The smallest absolute Gasteiger partial charge is 0.408 e. The minimum atomic E-state index is -1.50. The zero-order valence-corrected chi connectivity index (χ0v) is 25.1. The molecule has 0 radical (unpaired) electrons. The summed E-state index contributed by atoms with van der Waals surface area (Å²) in [7, 11) is 2.72. The first-order valence-corrected chi connectivity index (χ1v) is 13.4. The number of rotatable bonds is 13. The fourth-order valence-electron chi connectivity index (χ4n) is 4.12. The first-order chi connectivity index (χ1) is 18.5. The summed E-state index contributed by atoms with van der Waals surface area (Å²) in [5, 5.41) is 12.4. The molecule has 0 spiro atoms. The van der Waals surface area contributed by atoms with Crippen molar-refractivity contribution in [2.75, 3.05) is 14.1 Å². The summed E-state index contributed by atoms with van der Waals surface area (Å²) in [4.78, 5) is 66.4. The van der Waals surface area contributed by atoms with Crippen molar-refractivity contribution in [1.29, 1.82) is 0 Å². The average Bonchev–Trinajstić information content (AvgIpc) is 2.87. The van der Waals surface area contributed by atoms with Gasteiger partial charge in [-0.1, -0.05) is 64.4 Å². The van der Waals surface area contributed by atoms with Crippen LogP contribution in [0.5, 0.6) is 0 Å². The molecule has 11 heteroatoms. The minimum absolute atomic E-state index is 0.0239. The second-order valence-electron chi connectivity index (χ2n) is 11.3. The number of nitrogens with one attached hydrogen (secondary N) is 1. The summed E-state index contributed by atoms with van der Waals surface area (Å²) in [6.45, 7) is 12.1. The Morgan fingerprint density at radius 1 is 0.950 bits per heavy atom. The van der Waals surface area contributed by atoms with Crippen molar-refractivity contribution < 1.29 is 38.6 Å². The van der Waals surface area contributed by atoms with Crippen LogP contribution in [-0.4, -0.2) is 82.6 Å². The van der Waals surface area contributed by atoms with Gasteiger partial charge in [-0.25, -0.2) is 9.59 Å². The molecule has 0 aromatic heterocycles. The van der Waals surface area contributed by atoms with E-state index in [1.165, 1.54) is 19.0 Å². The third-order valence-corrected chi connectivity index (χ3v) is 6.49. The van der Waals surface area contributed by atoms with Gasteiger partial charge in [-0.2, -0.15) is 0 Å². The number of carbonyl (C=O) groups is 5. The van der Waals surface area contributed by atoms with Crippen LogP contribution >= 0.6 is 0 Å². The molecule has 3 amide bonds. The van der Waals surface area contributed by atoms with Crippen LogP contribution in [0.15, 0.2) is 30.3 Å².